The minimum absolute atomic E-state index is 0.0601. The number of carbonyl (C=O) groups excluding carboxylic acids is 1. The number of carbonyl (C=O) groups is 1. The molecule has 0 radical (unpaired) electrons. The topological polar surface area (TPSA) is 76.6 Å². The number of fused-ring (bicyclic) bond motifs is 1. The van der Waals surface area contributed by atoms with Gasteiger partial charge in [-0.25, -0.2) is 4.98 Å². The Morgan fingerprint density at radius 2 is 1.91 bits per heavy atom. The molecule has 7 heteroatoms. The van der Waals surface area contributed by atoms with E-state index in [0.717, 1.165) is 28.8 Å². The van der Waals surface area contributed by atoms with Crippen LogP contribution < -0.4 is 10.1 Å². The van der Waals surface area contributed by atoms with Crippen LogP contribution in [0.1, 0.15) is 15.9 Å². The number of aromatic nitrogens is 2. The van der Waals surface area contributed by atoms with E-state index in [9.17, 15) is 4.79 Å². The second kappa shape index (κ2) is 10.5. The van der Waals surface area contributed by atoms with Crippen LogP contribution in [0, 0.1) is 5.92 Å². The molecule has 1 N–H and O–H groups in total. The number of pyridine rings is 2. The first kappa shape index (κ1) is 22.8. The molecule has 35 heavy (non-hydrogen) atoms. The second-order valence-corrected chi connectivity index (χ2v) is 8.65. The highest BCUT2D eigenvalue weighted by molar-refractivity contribution is 5.99. The monoisotopic (exact) mass is 468 g/mol. The quantitative estimate of drug-likeness (QED) is 0.442. The van der Waals surface area contributed by atoms with Gasteiger partial charge in [-0.15, -0.1) is 0 Å². The third-order valence-electron chi connectivity index (χ3n) is 6.22. The van der Waals surface area contributed by atoms with Crippen LogP contribution in [0.4, 0.5) is 11.5 Å². The number of nitrogens with zero attached hydrogens (tertiary/aromatic N) is 3. The minimum Gasteiger partial charge on any atom is -0.497 e. The SMILES string of the molecule is COc1cccc(Nc2ncccc2C(=O)N2CCOC[C@H](Cc3cccc4cccnc34)C2)c1. The summed E-state index contributed by atoms with van der Waals surface area (Å²) >= 11 is 0. The number of nitrogens with one attached hydrogen (secondary N) is 1. The fourth-order valence-corrected chi connectivity index (χ4v) is 4.52. The molecule has 0 saturated carbocycles. The fraction of sp³-hybridized carbons (Fsp3) is 0.250. The Balaban J connectivity index is 1.35. The Hall–Kier alpha value is -3.97. The molecular weight excluding hydrogens is 440 g/mol. The first-order chi connectivity index (χ1) is 17.2. The van der Waals surface area contributed by atoms with Crippen molar-refractivity contribution in [1.82, 2.24) is 14.9 Å². The van der Waals surface area contributed by atoms with Gasteiger partial charge in [0.05, 0.1) is 31.4 Å². The molecule has 2 aromatic heterocycles. The summed E-state index contributed by atoms with van der Waals surface area (Å²) in [4.78, 5) is 24.6. The molecule has 0 spiro atoms. The molecule has 1 saturated heterocycles. The normalized spacial score (nSPS) is 16.0. The number of hydrogen-bond acceptors (Lipinski definition) is 6. The van der Waals surface area contributed by atoms with Gasteiger partial charge in [-0.1, -0.05) is 30.3 Å². The Morgan fingerprint density at radius 1 is 1.09 bits per heavy atom. The van der Waals surface area contributed by atoms with Crippen molar-refractivity contribution in [2.75, 3.05) is 38.7 Å². The van der Waals surface area contributed by atoms with Crippen LogP contribution in [0.15, 0.2) is 79.1 Å². The van der Waals surface area contributed by atoms with Gasteiger partial charge >= 0.3 is 0 Å². The number of methoxy groups -OCH3 is 1. The standard InChI is InChI=1S/C28H28N4O3/c1-34-24-10-3-9-23(17-24)31-27-25(11-5-13-30-27)28(33)32-14-15-35-19-20(18-32)16-22-7-2-6-21-8-4-12-29-26(21)22/h2-13,17,20H,14-16,18-19H2,1H3,(H,30,31)/t20-/m1/s1. The van der Waals surface area contributed by atoms with E-state index in [0.29, 0.717) is 37.7 Å². The molecule has 1 aliphatic heterocycles. The van der Waals surface area contributed by atoms with E-state index in [4.69, 9.17) is 9.47 Å². The summed E-state index contributed by atoms with van der Waals surface area (Å²) in [6.07, 6.45) is 4.30. The Kier molecular flexibility index (Phi) is 6.86. The van der Waals surface area contributed by atoms with Gasteiger partial charge in [0.1, 0.15) is 11.6 Å². The summed E-state index contributed by atoms with van der Waals surface area (Å²) in [5, 5.41) is 4.40. The predicted octanol–water partition coefficient (Wildman–Crippen LogP) is 4.71. The van der Waals surface area contributed by atoms with Crippen molar-refractivity contribution < 1.29 is 14.3 Å². The molecular formula is C28H28N4O3. The molecule has 0 bridgehead atoms. The summed E-state index contributed by atoms with van der Waals surface area (Å²) < 4.78 is 11.2. The Labute approximate surface area is 204 Å². The molecule has 1 amide bonds. The van der Waals surface area contributed by atoms with Gasteiger partial charge in [0, 0.05) is 48.5 Å². The van der Waals surface area contributed by atoms with Gasteiger partial charge in [0.25, 0.3) is 5.91 Å². The molecule has 1 aliphatic rings. The van der Waals surface area contributed by atoms with E-state index < -0.39 is 0 Å². The lowest BCUT2D eigenvalue weighted by Crippen LogP contribution is -2.36. The highest BCUT2D eigenvalue weighted by Gasteiger charge is 2.26. The number of benzene rings is 2. The van der Waals surface area contributed by atoms with Crippen LogP contribution in [0.3, 0.4) is 0 Å². The van der Waals surface area contributed by atoms with Crippen molar-refractivity contribution in [1.29, 1.82) is 0 Å². The Bertz CT molecular complexity index is 1320. The lowest BCUT2D eigenvalue weighted by atomic mass is 9.97. The first-order valence-electron chi connectivity index (χ1n) is 11.8. The minimum atomic E-state index is -0.0601. The van der Waals surface area contributed by atoms with Crippen LogP contribution in [-0.4, -0.2) is 54.2 Å². The van der Waals surface area contributed by atoms with Gasteiger partial charge in [-0.3, -0.25) is 9.78 Å². The molecule has 178 valence electrons. The largest absolute Gasteiger partial charge is 0.497 e. The van der Waals surface area contributed by atoms with Gasteiger partial charge in [0.2, 0.25) is 0 Å². The van der Waals surface area contributed by atoms with E-state index in [-0.39, 0.29) is 11.8 Å². The van der Waals surface area contributed by atoms with Crippen molar-refractivity contribution in [3.8, 4) is 5.75 Å². The van der Waals surface area contributed by atoms with Crippen molar-refractivity contribution in [2.24, 2.45) is 5.92 Å². The summed E-state index contributed by atoms with van der Waals surface area (Å²) in [5.74, 6) is 1.36. The molecule has 4 aromatic rings. The van der Waals surface area contributed by atoms with Crippen molar-refractivity contribution >= 4 is 28.3 Å². The second-order valence-electron chi connectivity index (χ2n) is 8.65. The molecule has 1 atom stereocenters. The lowest BCUT2D eigenvalue weighted by molar-refractivity contribution is 0.0738. The number of hydrogen-bond donors (Lipinski definition) is 1. The molecule has 2 aromatic carbocycles. The van der Waals surface area contributed by atoms with Gasteiger partial charge in [0.15, 0.2) is 0 Å². The number of amides is 1. The number of rotatable bonds is 6. The van der Waals surface area contributed by atoms with Gasteiger partial charge in [-0.2, -0.15) is 0 Å². The summed E-state index contributed by atoms with van der Waals surface area (Å²) in [5.41, 5.74) is 3.52. The molecule has 1 fully saturated rings. The number of ether oxygens (including phenoxy) is 2. The van der Waals surface area contributed by atoms with Crippen molar-refractivity contribution in [3.63, 3.8) is 0 Å². The van der Waals surface area contributed by atoms with Crippen molar-refractivity contribution in [3.05, 3.63) is 90.3 Å². The molecule has 0 aliphatic carbocycles. The van der Waals surface area contributed by atoms with Gasteiger partial charge < -0.3 is 19.7 Å². The van der Waals surface area contributed by atoms with Crippen molar-refractivity contribution in [2.45, 2.75) is 6.42 Å². The maximum atomic E-state index is 13.7. The van der Waals surface area contributed by atoms with E-state index in [1.807, 2.05) is 47.5 Å². The molecule has 7 nitrogen and oxygen atoms in total. The molecule has 5 rings (SSSR count). The van der Waals surface area contributed by atoms with Crippen LogP contribution in [0.25, 0.3) is 10.9 Å². The maximum absolute atomic E-state index is 13.7. The van der Waals surface area contributed by atoms with E-state index in [1.54, 1.807) is 19.4 Å². The average Bonchev–Trinajstić information content (AvgIpc) is 3.14. The third kappa shape index (κ3) is 5.25. The highest BCUT2D eigenvalue weighted by Crippen LogP contribution is 2.25. The maximum Gasteiger partial charge on any atom is 0.257 e. The molecule has 3 heterocycles. The van der Waals surface area contributed by atoms with E-state index >= 15 is 0 Å². The van der Waals surface area contributed by atoms with Crippen LogP contribution in [-0.2, 0) is 11.2 Å². The lowest BCUT2D eigenvalue weighted by Gasteiger charge is -2.25. The highest BCUT2D eigenvalue weighted by atomic mass is 16.5. The van der Waals surface area contributed by atoms with Gasteiger partial charge in [-0.05, 0) is 42.3 Å². The van der Waals surface area contributed by atoms with Crippen LogP contribution in [0.2, 0.25) is 0 Å². The first-order valence-corrected chi connectivity index (χ1v) is 11.8. The summed E-state index contributed by atoms with van der Waals surface area (Å²) in [6, 6.07) is 21.4. The van der Waals surface area contributed by atoms with E-state index in [2.05, 4.69) is 39.6 Å². The van der Waals surface area contributed by atoms with Crippen LogP contribution in [0.5, 0.6) is 5.75 Å². The number of para-hydroxylation sites is 1. The smallest absolute Gasteiger partial charge is 0.257 e. The van der Waals surface area contributed by atoms with E-state index in [1.165, 1.54) is 5.56 Å². The summed E-state index contributed by atoms with van der Waals surface area (Å²) in [6.45, 7) is 2.26. The van der Waals surface area contributed by atoms with Crippen LogP contribution >= 0.6 is 0 Å². The Morgan fingerprint density at radius 3 is 2.83 bits per heavy atom. The predicted molar refractivity (Wildman–Crippen MR) is 136 cm³/mol. The average molecular weight is 469 g/mol. The summed E-state index contributed by atoms with van der Waals surface area (Å²) in [7, 11) is 1.63. The number of anilines is 2. The fourth-order valence-electron chi connectivity index (χ4n) is 4.52. The zero-order valence-corrected chi connectivity index (χ0v) is 19.7. The zero-order valence-electron chi connectivity index (χ0n) is 19.7. The third-order valence-corrected chi connectivity index (χ3v) is 6.22. The zero-order chi connectivity index (χ0) is 24.0. The molecule has 0 unspecified atom stereocenters.